The standard InChI is InChI=1S/C31H30ClN3O2S/c1-3-31(2)19-22-11-7-8-12-25(22)28-27(31)29(37)35(18-17-21-9-5-4-6-10-21)30(34-28)38-20-26(36)33-24-15-13-23(32)14-16-24/h4-16H,3,17-20H2,1-2H3,(H,33,36)/t31-/m1/s1. The van der Waals surface area contributed by atoms with Crippen LogP contribution in [0.1, 0.15) is 37.0 Å². The fourth-order valence-corrected chi connectivity index (χ4v) is 5.99. The Morgan fingerprint density at radius 1 is 1.05 bits per heavy atom. The quantitative estimate of drug-likeness (QED) is 0.197. The number of hydrogen-bond donors (Lipinski definition) is 1. The Bertz CT molecular complexity index is 1520. The van der Waals surface area contributed by atoms with Crippen LogP contribution in [0.4, 0.5) is 5.69 Å². The number of thioether (sulfide) groups is 1. The lowest BCUT2D eigenvalue weighted by atomic mass is 9.69. The average molecular weight is 544 g/mol. The molecular formula is C31H30ClN3O2S. The predicted molar refractivity (Wildman–Crippen MR) is 156 cm³/mol. The highest BCUT2D eigenvalue weighted by molar-refractivity contribution is 7.99. The summed E-state index contributed by atoms with van der Waals surface area (Å²) in [6.07, 6.45) is 2.34. The zero-order valence-corrected chi connectivity index (χ0v) is 23.1. The Kier molecular flexibility index (Phi) is 7.73. The molecule has 0 saturated heterocycles. The second-order valence-corrected chi connectivity index (χ2v) is 11.3. The van der Waals surface area contributed by atoms with Crippen molar-refractivity contribution in [2.24, 2.45) is 0 Å². The molecule has 1 amide bonds. The maximum absolute atomic E-state index is 14.2. The van der Waals surface area contributed by atoms with Crippen LogP contribution < -0.4 is 10.9 Å². The van der Waals surface area contributed by atoms with Crippen molar-refractivity contribution in [2.45, 2.75) is 50.2 Å². The molecule has 0 aliphatic heterocycles. The third-order valence-electron chi connectivity index (χ3n) is 7.30. The van der Waals surface area contributed by atoms with E-state index in [9.17, 15) is 9.59 Å². The van der Waals surface area contributed by atoms with E-state index < -0.39 is 0 Å². The summed E-state index contributed by atoms with van der Waals surface area (Å²) < 4.78 is 1.77. The van der Waals surface area contributed by atoms with E-state index in [1.165, 1.54) is 17.3 Å². The molecule has 0 fully saturated rings. The van der Waals surface area contributed by atoms with Gasteiger partial charge in [0, 0.05) is 28.2 Å². The van der Waals surface area contributed by atoms with Crippen molar-refractivity contribution in [1.29, 1.82) is 0 Å². The molecule has 1 aliphatic carbocycles. The SMILES string of the molecule is CC[C@]1(C)Cc2ccccc2-c2nc(SCC(=O)Nc3ccc(Cl)cc3)n(CCc3ccccc3)c(=O)c21. The van der Waals surface area contributed by atoms with Crippen LogP contribution in [0.3, 0.4) is 0 Å². The molecule has 0 unspecified atom stereocenters. The van der Waals surface area contributed by atoms with Crippen molar-refractivity contribution in [3.8, 4) is 11.3 Å². The summed E-state index contributed by atoms with van der Waals surface area (Å²) in [7, 11) is 0. The number of hydrogen-bond acceptors (Lipinski definition) is 4. The van der Waals surface area contributed by atoms with Gasteiger partial charge < -0.3 is 5.32 Å². The van der Waals surface area contributed by atoms with Gasteiger partial charge in [-0.15, -0.1) is 0 Å². The largest absolute Gasteiger partial charge is 0.325 e. The summed E-state index contributed by atoms with van der Waals surface area (Å²) in [5, 5.41) is 4.07. The van der Waals surface area contributed by atoms with Gasteiger partial charge in [-0.3, -0.25) is 14.2 Å². The zero-order chi connectivity index (χ0) is 26.7. The molecule has 1 N–H and O–H groups in total. The van der Waals surface area contributed by atoms with Crippen molar-refractivity contribution >= 4 is 35.0 Å². The Hall–Kier alpha value is -3.35. The monoisotopic (exact) mass is 543 g/mol. The van der Waals surface area contributed by atoms with Crippen molar-refractivity contribution in [2.75, 3.05) is 11.1 Å². The van der Waals surface area contributed by atoms with Gasteiger partial charge in [0.05, 0.1) is 17.0 Å². The summed E-state index contributed by atoms with van der Waals surface area (Å²) in [6.45, 7) is 4.79. The van der Waals surface area contributed by atoms with Crippen LogP contribution in [0, 0.1) is 0 Å². The highest BCUT2D eigenvalue weighted by Crippen LogP contribution is 2.43. The van der Waals surface area contributed by atoms with Crippen LogP contribution in [-0.4, -0.2) is 21.2 Å². The van der Waals surface area contributed by atoms with E-state index in [0.717, 1.165) is 35.2 Å². The van der Waals surface area contributed by atoms with Gasteiger partial charge >= 0.3 is 0 Å². The normalized spacial score (nSPS) is 16.0. The molecule has 0 saturated carbocycles. The third kappa shape index (κ3) is 5.42. The zero-order valence-electron chi connectivity index (χ0n) is 21.5. The van der Waals surface area contributed by atoms with Crippen molar-refractivity contribution < 1.29 is 4.79 Å². The van der Waals surface area contributed by atoms with Crippen molar-refractivity contribution in [3.63, 3.8) is 0 Å². The number of aryl methyl sites for hydroxylation is 1. The molecule has 1 aliphatic rings. The van der Waals surface area contributed by atoms with E-state index in [1.54, 1.807) is 28.8 Å². The molecule has 1 aromatic heterocycles. The third-order valence-corrected chi connectivity index (χ3v) is 8.53. The van der Waals surface area contributed by atoms with Gasteiger partial charge in [0.15, 0.2) is 5.16 Å². The van der Waals surface area contributed by atoms with Crippen molar-refractivity contribution in [3.05, 3.63) is 111 Å². The lowest BCUT2D eigenvalue weighted by Gasteiger charge is -2.36. The van der Waals surface area contributed by atoms with E-state index in [2.05, 4.69) is 37.4 Å². The van der Waals surface area contributed by atoms with E-state index in [-0.39, 0.29) is 22.6 Å². The molecule has 4 aromatic rings. The molecule has 0 radical (unpaired) electrons. The van der Waals surface area contributed by atoms with Crippen LogP contribution in [0.15, 0.2) is 88.8 Å². The maximum atomic E-state index is 14.2. The van der Waals surface area contributed by atoms with E-state index >= 15 is 0 Å². The Balaban J connectivity index is 1.52. The first-order valence-electron chi connectivity index (χ1n) is 12.8. The summed E-state index contributed by atoms with van der Waals surface area (Å²) in [5.74, 6) is -0.0380. The number of nitrogens with one attached hydrogen (secondary N) is 1. The highest BCUT2D eigenvalue weighted by atomic mass is 35.5. The first-order valence-corrected chi connectivity index (χ1v) is 14.2. The van der Waals surface area contributed by atoms with E-state index in [4.69, 9.17) is 16.6 Å². The van der Waals surface area contributed by atoms with Crippen molar-refractivity contribution in [1.82, 2.24) is 9.55 Å². The Morgan fingerprint density at radius 3 is 2.50 bits per heavy atom. The van der Waals surface area contributed by atoms with Crippen LogP contribution in [0.5, 0.6) is 0 Å². The molecule has 3 aromatic carbocycles. The van der Waals surface area contributed by atoms with Gasteiger partial charge in [0.25, 0.3) is 5.56 Å². The number of nitrogens with zero attached hydrogens (tertiary/aromatic N) is 2. The van der Waals surface area contributed by atoms with Crippen LogP contribution >= 0.6 is 23.4 Å². The minimum absolute atomic E-state index is 0.00889. The molecule has 38 heavy (non-hydrogen) atoms. The molecule has 5 nitrogen and oxygen atoms in total. The van der Waals surface area contributed by atoms with E-state index in [1.807, 2.05) is 36.4 Å². The minimum Gasteiger partial charge on any atom is -0.325 e. The molecule has 0 bridgehead atoms. The lowest BCUT2D eigenvalue weighted by Crippen LogP contribution is -2.40. The fraction of sp³-hybridized carbons (Fsp3) is 0.258. The summed E-state index contributed by atoms with van der Waals surface area (Å²) >= 11 is 7.26. The summed E-state index contributed by atoms with van der Waals surface area (Å²) in [4.78, 5) is 32.1. The Labute approximate surface area is 232 Å². The second kappa shape index (κ2) is 11.2. The van der Waals surface area contributed by atoms with Gasteiger partial charge in [-0.05, 0) is 54.7 Å². The van der Waals surface area contributed by atoms with Crippen LogP contribution in [0.25, 0.3) is 11.3 Å². The maximum Gasteiger partial charge on any atom is 0.258 e. The number of carbonyl (C=O) groups excluding carboxylic acids is 1. The molecule has 1 heterocycles. The van der Waals surface area contributed by atoms with Crippen LogP contribution in [0.2, 0.25) is 5.02 Å². The first-order chi connectivity index (χ1) is 18.4. The summed E-state index contributed by atoms with van der Waals surface area (Å²) in [6, 6.07) is 25.3. The second-order valence-electron chi connectivity index (χ2n) is 9.90. The van der Waals surface area contributed by atoms with Gasteiger partial charge in [0.2, 0.25) is 5.91 Å². The molecule has 7 heteroatoms. The molecule has 0 spiro atoms. The molecule has 1 atom stereocenters. The minimum atomic E-state index is -0.308. The van der Waals surface area contributed by atoms with Gasteiger partial charge in [-0.25, -0.2) is 4.98 Å². The number of benzene rings is 3. The molecular weight excluding hydrogens is 514 g/mol. The topological polar surface area (TPSA) is 64.0 Å². The van der Waals surface area contributed by atoms with E-state index in [0.29, 0.717) is 28.8 Å². The molecule has 194 valence electrons. The highest BCUT2D eigenvalue weighted by Gasteiger charge is 2.38. The number of anilines is 1. The number of carbonyl (C=O) groups is 1. The number of amides is 1. The van der Waals surface area contributed by atoms with Gasteiger partial charge in [-0.2, -0.15) is 0 Å². The number of aromatic nitrogens is 2. The predicted octanol–water partition coefficient (Wildman–Crippen LogP) is 6.76. The Morgan fingerprint density at radius 2 is 1.76 bits per heavy atom. The molecule has 5 rings (SSSR count). The smallest absolute Gasteiger partial charge is 0.258 e. The number of fused-ring (bicyclic) bond motifs is 3. The summed E-state index contributed by atoms with van der Waals surface area (Å²) in [5.41, 5.74) is 5.25. The van der Waals surface area contributed by atoms with Gasteiger partial charge in [0.1, 0.15) is 0 Å². The average Bonchev–Trinajstić information content (AvgIpc) is 2.93. The first kappa shape index (κ1) is 26.3. The lowest BCUT2D eigenvalue weighted by molar-refractivity contribution is -0.113. The van der Waals surface area contributed by atoms with Crippen LogP contribution in [-0.2, 0) is 29.6 Å². The fourth-order valence-electron chi connectivity index (χ4n) is 5.04. The number of rotatable bonds is 8. The number of halogens is 1. The van der Waals surface area contributed by atoms with Gasteiger partial charge in [-0.1, -0.05) is 91.8 Å².